The van der Waals surface area contributed by atoms with E-state index in [0.29, 0.717) is 50.4 Å². The molecular formula is C22H26N2O5S. The molecule has 2 saturated heterocycles. The molecule has 0 saturated carbocycles. The van der Waals surface area contributed by atoms with Crippen molar-refractivity contribution in [1.82, 2.24) is 4.90 Å². The van der Waals surface area contributed by atoms with Crippen LogP contribution in [0.2, 0.25) is 0 Å². The molecule has 2 aliphatic heterocycles. The van der Waals surface area contributed by atoms with Crippen molar-refractivity contribution in [3.63, 3.8) is 0 Å². The van der Waals surface area contributed by atoms with Crippen molar-refractivity contribution in [3.8, 4) is 0 Å². The number of aryl methyl sites for hydroxylation is 2. The summed E-state index contributed by atoms with van der Waals surface area (Å²) < 4.78 is 39.7. The van der Waals surface area contributed by atoms with Gasteiger partial charge in [-0.2, -0.15) is 0 Å². The van der Waals surface area contributed by atoms with Crippen molar-refractivity contribution >= 4 is 21.6 Å². The SMILES string of the molecule is Cc1ccc(NS(=O)(=O)c2ccc(C)c(C(=O)N3CCC4(CC3)OCCO4)c2)cc1. The molecule has 8 heteroatoms. The van der Waals surface area contributed by atoms with Crippen LogP contribution >= 0.6 is 0 Å². The van der Waals surface area contributed by atoms with Crippen molar-refractivity contribution in [2.24, 2.45) is 0 Å². The maximum atomic E-state index is 13.1. The number of hydrogen-bond donors (Lipinski definition) is 1. The van der Waals surface area contributed by atoms with Crippen LogP contribution in [0.15, 0.2) is 47.4 Å². The van der Waals surface area contributed by atoms with Gasteiger partial charge in [-0.15, -0.1) is 0 Å². The molecule has 0 unspecified atom stereocenters. The zero-order valence-electron chi connectivity index (χ0n) is 17.2. The molecule has 0 radical (unpaired) electrons. The van der Waals surface area contributed by atoms with E-state index in [-0.39, 0.29) is 10.8 Å². The standard InChI is InChI=1S/C22H26N2O5S/c1-16-3-6-18(7-4-16)23-30(26,27)19-8-5-17(2)20(15-19)21(25)24-11-9-22(10-12-24)28-13-14-29-22/h3-8,15,23H,9-14H2,1-2H3. The molecule has 2 aromatic carbocycles. The minimum atomic E-state index is -3.81. The van der Waals surface area contributed by atoms with Gasteiger partial charge in [0.2, 0.25) is 0 Å². The minimum Gasteiger partial charge on any atom is -0.347 e. The van der Waals surface area contributed by atoms with E-state index in [1.165, 1.54) is 12.1 Å². The lowest BCUT2D eigenvalue weighted by Crippen LogP contribution is -2.47. The van der Waals surface area contributed by atoms with Crippen molar-refractivity contribution < 1.29 is 22.7 Å². The van der Waals surface area contributed by atoms with Gasteiger partial charge in [0.15, 0.2) is 5.79 Å². The van der Waals surface area contributed by atoms with Crippen LogP contribution in [0.25, 0.3) is 0 Å². The Labute approximate surface area is 177 Å². The Bertz CT molecular complexity index is 1030. The maximum absolute atomic E-state index is 13.1. The summed E-state index contributed by atoms with van der Waals surface area (Å²) in [5.74, 6) is -0.734. The lowest BCUT2D eigenvalue weighted by Gasteiger charge is -2.37. The highest BCUT2D eigenvalue weighted by Gasteiger charge is 2.41. The summed E-state index contributed by atoms with van der Waals surface area (Å²) in [5, 5.41) is 0. The average molecular weight is 431 g/mol. The van der Waals surface area contributed by atoms with E-state index in [2.05, 4.69) is 4.72 Å². The first-order valence-corrected chi connectivity index (χ1v) is 11.5. The predicted molar refractivity (Wildman–Crippen MR) is 113 cm³/mol. The molecular weight excluding hydrogens is 404 g/mol. The first-order valence-electron chi connectivity index (χ1n) is 10.1. The highest BCUT2D eigenvalue weighted by atomic mass is 32.2. The molecule has 2 heterocycles. The van der Waals surface area contributed by atoms with Gasteiger partial charge in [0, 0.05) is 37.2 Å². The number of carbonyl (C=O) groups is 1. The second-order valence-electron chi connectivity index (χ2n) is 7.85. The summed E-state index contributed by atoms with van der Waals surface area (Å²) in [6, 6.07) is 11.8. The molecule has 2 fully saturated rings. The second-order valence-corrected chi connectivity index (χ2v) is 9.53. The van der Waals surface area contributed by atoms with Crippen molar-refractivity contribution in [2.45, 2.75) is 37.4 Å². The van der Waals surface area contributed by atoms with Crippen LogP contribution in [0.1, 0.15) is 34.3 Å². The van der Waals surface area contributed by atoms with Gasteiger partial charge >= 0.3 is 0 Å². The van der Waals surface area contributed by atoms with Gasteiger partial charge in [-0.1, -0.05) is 23.8 Å². The largest absolute Gasteiger partial charge is 0.347 e. The highest BCUT2D eigenvalue weighted by Crippen LogP contribution is 2.32. The Balaban J connectivity index is 1.52. The van der Waals surface area contributed by atoms with Gasteiger partial charge in [0.25, 0.3) is 15.9 Å². The molecule has 0 aliphatic carbocycles. The Morgan fingerprint density at radius 2 is 1.63 bits per heavy atom. The first kappa shape index (κ1) is 20.8. The third-order valence-electron chi connectivity index (χ3n) is 5.68. The number of benzene rings is 2. The molecule has 0 atom stereocenters. The number of amides is 1. The van der Waals surface area contributed by atoms with Crippen LogP contribution in [0.4, 0.5) is 5.69 Å². The lowest BCUT2D eigenvalue weighted by atomic mass is 10.0. The number of nitrogens with one attached hydrogen (secondary N) is 1. The molecule has 1 N–H and O–H groups in total. The summed E-state index contributed by atoms with van der Waals surface area (Å²) in [7, 11) is -3.81. The van der Waals surface area contributed by atoms with Crippen LogP contribution < -0.4 is 4.72 Å². The summed E-state index contributed by atoms with van der Waals surface area (Å²) >= 11 is 0. The van der Waals surface area contributed by atoms with E-state index in [9.17, 15) is 13.2 Å². The maximum Gasteiger partial charge on any atom is 0.261 e. The van der Waals surface area contributed by atoms with Crippen molar-refractivity contribution in [1.29, 1.82) is 0 Å². The first-order chi connectivity index (χ1) is 14.3. The number of piperidine rings is 1. The van der Waals surface area contributed by atoms with E-state index in [1.54, 1.807) is 23.1 Å². The van der Waals surface area contributed by atoms with Crippen LogP contribution in [-0.4, -0.2) is 51.3 Å². The molecule has 4 rings (SSSR count). The number of ether oxygens (including phenoxy) is 2. The Morgan fingerprint density at radius 1 is 1.00 bits per heavy atom. The molecule has 7 nitrogen and oxygen atoms in total. The van der Waals surface area contributed by atoms with Gasteiger partial charge < -0.3 is 14.4 Å². The molecule has 0 aromatic heterocycles. The van der Waals surface area contributed by atoms with Gasteiger partial charge in [-0.3, -0.25) is 9.52 Å². The Kier molecular flexibility index (Phi) is 5.57. The molecule has 2 aliphatic rings. The number of hydrogen-bond acceptors (Lipinski definition) is 5. The minimum absolute atomic E-state index is 0.0629. The lowest BCUT2D eigenvalue weighted by molar-refractivity contribution is -0.181. The van der Waals surface area contributed by atoms with E-state index in [0.717, 1.165) is 11.1 Å². The number of nitrogens with zero attached hydrogens (tertiary/aromatic N) is 1. The molecule has 0 bridgehead atoms. The third kappa shape index (κ3) is 4.21. The zero-order valence-corrected chi connectivity index (χ0v) is 18.0. The van der Waals surface area contributed by atoms with E-state index in [1.807, 2.05) is 26.0 Å². The smallest absolute Gasteiger partial charge is 0.261 e. The van der Waals surface area contributed by atoms with E-state index < -0.39 is 15.8 Å². The van der Waals surface area contributed by atoms with Crippen LogP contribution in [0.5, 0.6) is 0 Å². The van der Waals surface area contributed by atoms with Crippen molar-refractivity contribution in [2.75, 3.05) is 31.0 Å². The zero-order chi connectivity index (χ0) is 21.4. The summed E-state index contributed by atoms with van der Waals surface area (Å²) in [6.07, 6.45) is 1.23. The normalized spacial score (nSPS) is 18.5. The van der Waals surface area contributed by atoms with Gasteiger partial charge in [0.05, 0.1) is 18.1 Å². The predicted octanol–water partition coefficient (Wildman–Crippen LogP) is 3.08. The topological polar surface area (TPSA) is 84.9 Å². The van der Waals surface area contributed by atoms with Gasteiger partial charge in [-0.25, -0.2) is 8.42 Å². The number of anilines is 1. The summed E-state index contributed by atoms with van der Waals surface area (Å²) in [5.41, 5.74) is 2.65. The van der Waals surface area contributed by atoms with Crippen LogP contribution in [0.3, 0.4) is 0 Å². The number of rotatable bonds is 4. The van der Waals surface area contributed by atoms with E-state index in [4.69, 9.17) is 9.47 Å². The summed E-state index contributed by atoms with van der Waals surface area (Å²) in [4.78, 5) is 14.9. The quantitative estimate of drug-likeness (QED) is 0.806. The molecule has 160 valence electrons. The fourth-order valence-corrected chi connectivity index (χ4v) is 4.93. The van der Waals surface area contributed by atoms with Crippen molar-refractivity contribution in [3.05, 3.63) is 59.2 Å². The summed E-state index contributed by atoms with van der Waals surface area (Å²) in [6.45, 7) is 5.94. The molecule has 1 spiro atoms. The Morgan fingerprint density at radius 3 is 2.27 bits per heavy atom. The third-order valence-corrected chi connectivity index (χ3v) is 7.06. The fraction of sp³-hybridized carbons (Fsp3) is 0.409. The van der Waals surface area contributed by atoms with Crippen LogP contribution in [-0.2, 0) is 19.5 Å². The highest BCUT2D eigenvalue weighted by molar-refractivity contribution is 7.92. The fourth-order valence-electron chi connectivity index (χ4n) is 3.84. The molecule has 30 heavy (non-hydrogen) atoms. The monoisotopic (exact) mass is 430 g/mol. The average Bonchev–Trinajstić information content (AvgIpc) is 3.18. The van der Waals surface area contributed by atoms with Crippen LogP contribution in [0, 0.1) is 13.8 Å². The second kappa shape index (κ2) is 8.02. The molecule has 2 aromatic rings. The number of likely N-dealkylation sites (tertiary alicyclic amines) is 1. The number of carbonyl (C=O) groups excluding carboxylic acids is 1. The van der Waals surface area contributed by atoms with Gasteiger partial charge in [-0.05, 0) is 43.7 Å². The van der Waals surface area contributed by atoms with E-state index >= 15 is 0 Å². The van der Waals surface area contributed by atoms with Gasteiger partial charge in [0.1, 0.15) is 0 Å². The number of sulfonamides is 1. The molecule has 1 amide bonds. The Hall–Kier alpha value is -2.42.